The van der Waals surface area contributed by atoms with E-state index in [2.05, 4.69) is 12.2 Å². The monoisotopic (exact) mass is 476 g/mol. The van der Waals surface area contributed by atoms with Crippen molar-refractivity contribution in [3.05, 3.63) is 71.9 Å². The minimum Gasteiger partial charge on any atom is -0.439 e. The number of para-hydroxylation sites is 2. The molecule has 1 aromatic heterocycles. The molecule has 1 N–H and O–H groups in total. The van der Waals surface area contributed by atoms with Gasteiger partial charge in [-0.3, -0.25) is 0 Å². The van der Waals surface area contributed by atoms with Crippen molar-refractivity contribution in [1.29, 1.82) is 0 Å². The van der Waals surface area contributed by atoms with Crippen molar-refractivity contribution in [3.63, 3.8) is 0 Å². The fourth-order valence-electron chi connectivity index (χ4n) is 4.21. The summed E-state index contributed by atoms with van der Waals surface area (Å²) in [5, 5.41) is 8.04. The van der Waals surface area contributed by atoms with Crippen LogP contribution in [0.15, 0.2) is 60.7 Å². The highest BCUT2D eigenvalue weighted by Crippen LogP contribution is 2.32. The Balaban J connectivity index is 1.74. The summed E-state index contributed by atoms with van der Waals surface area (Å²) in [7, 11) is 0. The molecule has 1 atom stereocenters. The lowest BCUT2D eigenvalue weighted by Crippen LogP contribution is -2.50. The molecule has 1 fully saturated rings. The van der Waals surface area contributed by atoms with Gasteiger partial charge in [-0.2, -0.15) is 5.10 Å². The van der Waals surface area contributed by atoms with E-state index >= 15 is 0 Å². The number of aromatic nitrogens is 2. The van der Waals surface area contributed by atoms with Gasteiger partial charge in [-0.1, -0.05) is 43.3 Å². The van der Waals surface area contributed by atoms with Gasteiger partial charge in [0.2, 0.25) is 5.88 Å². The third-order valence-electron chi connectivity index (χ3n) is 5.88. The van der Waals surface area contributed by atoms with Gasteiger partial charge in [-0.25, -0.2) is 9.48 Å². The molecule has 4 rings (SSSR count). The van der Waals surface area contributed by atoms with Crippen LogP contribution in [0.25, 0.3) is 5.69 Å². The molecular weight excluding hydrogens is 440 g/mol. The summed E-state index contributed by atoms with van der Waals surface area (Å²) in [6.07, 6.45) is 2.73. The molecule has 0 aliphatic carbocycles. The third-order valence-corrected chi connectivity index (χ3v) is 5.88. The maximum atomic E-state index is 13.4. The van der Waals surface area contributed by atoms with E-state index in [9.17, 15) is 4.79 Å². The maximum absolute atomic E-state index is 13.4. The molecule has 2 aromatic carbocycles. The topological polar surface area (TPSA) is 68.6 Å². The number of hydrogen-bond donors (Lipinski definition) is 1. The Bertz CT molecular complexity index is 1100. The highest BCUT2D eigenvalue weighted by molar-refractivity contribution is 5.75. The first kappa shape index (κ1) is 24.8. The Labute approximate surface area is 208 Å². The van der Waals surface area contributed by atoms with Crippen LogP contribution < -0.4 is 10.1 Å². The van der Waals surface area contributed by atoms with Crippen LogP contribution in [0.2, 0.25) is 0 Å². The van der Waals surface area contributed by atoms with Gasteiger partial charge >= 0.3 is 6.03 Å². The van der Waals surface area contributed by atoms with Gasteiger partial charge in [0.15, 0.2) is 0 Å². The van der Waals surface area contributed by atoms with Crippen LogP contribution in [-0.4, -0.2) is 45.5 Å². The summed E-state index contributed by atoms with van der Waals surface area (Å²) in [5.41, 5.74) is 2.36. The quantitative estimate of drug-likeness (QED) is 0.452. The van der Waals surface area contributed by atoms with Gasteiger partial charge in [0, 0.05) is 18.7 Å². The second-order valence-electron chi connectivity index (χ2n) is 9.94. The van der Waals surface area contributed by atoms with E-state index in [1.54, 1.807) is 0 Å². The molecule has 7 nitrogen and oxygen atoms in total. The van der Waals surface area contributed by atoms with Gasteiger partial charge in [0.05, 0.1) is 29.6 Å². The minimum atomic E-state index is -0.350. The Morgan fingerprint density at radius 3 is 2.43 bits per heavy atom. The number of aryl methyl sites for hydroxylation is 1. The molecule has 2 amide bonds. The Morgan fingerprint density at radius 1 is 1.14 bits per heavy atom. The van der Waals surface area contributed by atoms with Crippen LogP contribution in [0.5, 0.6) is 11.6 Å². The van der Waals surface area contributed by atoms with Crippen LogP contribution in [0.1, 0.15) is 51.8 Å². The summed E-state index contributed by atoms with van der Waals surface area (Å²) >= 11 is 0. The number of ether oxygens (including phenoxy) is 2. The van der Waals surface area contributed by atoms with Gasteiger partial charge in [-0.15, -0.1) is 0 Å². The van der Waals surface area contributed by atoms with Crippen LogP contribution >= 0.6 is 0 Å². The predicted molar refractivity (Wildman–Crippen MR) is 137 cm³/mol. The lowest BCUT2D eigenvalue weighted by Gasteiger charge is -2.30. The molecule has 1 saturated heterocycles. The first-order chi connectivity index (χ1) is 16.8. The first-order valence-electron chi connectivity index (χ1n) is 12.4. The zero-order valence-electron chi connectivity index (χ0n) is 21.2. The predicted octanol–water partition coefficient (Wildman–Crippen LogP) is 5.72. The van der Waals surface area contributed by atoms with Crippen LogP contribution in [0, 0.1) is 0 Å². The Hall–Kier alpha value is -3.32. The normalized spacial score (nSPS) is 15.7. The number of hydrogen-bond acceptors (Lipinski definition) is 4. The lowest BCUT2D eigenvalue weighted by atomic mass is 10.1. The molecule has 7 heteroatoms. The number of rotatable bonds is 8. The van der Waals surface area contributed by atoms with Crippen molar-refractivity contribution >= 4 is 6.03 Å². The van der Waals surface area contributed by atoms with E-state index in [4.69, 9.17) is 14.6 Å². The number of benzene rings is 2. The average molecular weight is 477 g/mol. The Morgan fingerprint density at radius 2 is 1.83 bits per heavy atom. The standard InChI is InChI=1S/C28H36N4O3/c1-5-25-24(20-31(19-23-17-12-18-34-23)27(33)29-28(2,3)4)26(35-22-15-10-7-11-16-22)32(30-25)21-13-8-6-9-14-21/h6-11,13-16,23H,5,12,17-20H2,1-4H3,(H,29,33)/t23-/m1/s1. The summed E-state index contributed by atoms with van der Waals surface area (Å²) < 4.78 is 14.2. The fraction of sp³-hybridized carbons (Fsp3) is 0.429. The minimum absolute atomic E-state index is 0.0356. The van der Waals surface area contributed by atoms with Gasteiger partial charge in [0.1, 0.15) is 5.75 Å². The fourth-order valence-corrected chi connectivity index (χ4v) is 4.21. The lowest BCUT2D eigenvalue weighted by molar-refractivity contribution is 0.0779. The second kappa shape index (κ2) is 11.0. The van der Waals surface area contributed by atoms with Crippen molar-refractivity contribution in [2.45, 2.75) is 65.1 Å². The van der Waals surface area contributed by atoms with E-state index in [-0.39, 0.29) is 17.7 Å². The first-order valence-corrected chi connectivity index (χ1v) is 12.4. The summed E-state index contributed by atoms with van der Waals surface area (Å²) in [6, 6.07) is 19.5. The molecule has 3 aromatic rings. The second-order valence-corrected chi connectivity index (χ2v) is 9.94. The number of carbonyl (C=O) groups is 1. The van der Waals surface area contributed by atoms with Gasteiger partial charge in [0.25, 0.3) is 0 Å². The molecule has 186 valence electrons. The highest BCUT2D eigenvalue weighted by Gasteiger charge is 2.29. The molecule has 0 radical (unpaired) electrons. The van der Waals surface area contributed by atoms with Gasteiger partial charge in [-0.05, 0) is 64.3 Å². The van der Waals surface area contributed by atoms with E-state index in [1.807, 2.05) is 91.0 Å². The molecule has 2 heterocycles. The number of nitrogens with zero attached hydrogens (tertiary/aromatic N) is 3. The number of urea groups is 1. The molecule has 35 heavy (non-hydrogen) atoms. The molecule has 1 aliphatic heterocycles. The zero-order valence-corrected chi connectivity index (χ0v) is 21.2. The van der Waals surface area contributed by atoms with E-state index in [0.29, 0.717) is 19.0 Å². The third kappa shape index (κ3) is 6.42. The SMILES string of the molecule is CCc1nn(-c2ccccc2)c(Oc2ccccc2)c1CN(C[C@H]1CCCO1)C(=O)NC(C)(C)C. The molecule has 0 spiro atoms. The molecule has 0 unspecified atom stereocenters. The van der Waals surface area contributed by atoms with Crippen LogP contribution in [0.4, 0.5) is 4.79 Å². The van der Waals surface area contributed by atoms with E-state index in [0.717, 1.165) is 48.6 Å². The zero-order chi connectivity index (χ0) is 24.8. The number of nitrogens with one attached hydrogen (secondary N) is 1. The van der Waals surface area contributed by atoms with Crippen molar-refractivity contribution in [2.24, 2.45) is 0 Å². The molecular formula is C28H36N4O3. The van der Waals surface area contributed by atoms with Gasteiger partial charge < -0.3 is 19.7 Å². The van der Waals surface area contributed by atoms with Crippen molar-refractivity contribution in [1.82, 2.24) is 20.0 Å². The summed E-state index contributed by atoms with van der Waals surface area (Å²) in [5.74, 6) is 1.35. The molecule has 0 bridgehead atoms. The maximum Gasteiger partial charge on any atom is 0.318 e. The van der Waals surface area contributed by atoms with Crippen LogP contribution in [0.3, 0.4) is 0 Å². The summed E-state index contributed by atoms with van der Waals surface area (Å²) in [4.78, 5) is 15.2. The molecule has 0 saturated carbocycles. The van der Waals surface area contributed by atoms with Crippen molar-refractivity contribution in [3.8, 4) is 17.3 Å². The van der Waals surface area contributed by atoms with Crippen molar-refractivity contribution in [2.75, 3.05) is 13.2 Å². The van der Waals surface area contributed by atoms with Crippen LogP contribution in [-0.2, 0) is 17.7 Å². The highest BCUT2D eigenvalue weighted by atomic mass is 16.5. The van der Waals surface area contributed by atoms with Crippen molar-refractivity contribution < 1.29 is 14.3 Å². The Kier molecular flexibility index (Phi) is 7.76. The smallest absolute Gasteiger partial charge is 0.318 e. The van der Waals surface area contributed by atoms with E-state index < -0.39 is 0 Å². The van der Waals surface area contributed by atoms with E-state index in [1.165, 1.54) is 0 Å². The average Bonchev–Trinajstić information content (AvgIpc) is 3.47. The summed E-state index contributed by atoms with van der Waals surface area (Å²) in [6.45, 7) is 9.69. The number of carbonyl (C=O) groups excluding carboxylic acids is 1. The molecule has 1 aliphatic rings. The largest absolute Gasteiger partial charge is 0.439 e. The number of amides is 2.